The highest BCUT2D eigenvalue weighted by Crippen LogP contribution is 2.26. The van der Waals surface area contributed by atoms with Gasteiger partial charge >= 0.3 is 5.97 Å². The maximum absolute atomic E-state index is 12.5. The van der Waals surface area contributed by atoms with E-state index in [0.717, 1.165) is 0 Å². The van der Waals surface area contributed by atoms with Crippen molar-refractivity contribution < 1.29 is 24.2 Å². The molecule has 1 aliphatic heterocycles. The Labute approximate surface area is 167 Å². The first-order chi connectivity index (χ1) is 11.9. The molecule has 0 spiro atoms. The van der Waals surface area contributed by atoms with Gasteiger partial charge in [0, 0.05) is 6.54 Å². The number of amides is 2. The van der Waals surface area contributed by atoms with E-state index >= 15 is 0 Å². The second-order valence-electron chi connectivity index (χ2n) is 6.46. The van der Waals surface area contributed by atoms with E-state index in [9.17, 15) is 19.5 Å². The molecule has 1 aliphatic rings. The van der Waals surface area contributed by atoms with Crippen LogP contribution in [0.15, 0.2) is 0 Å². The summed E-state index contributed by atoms with van der Waals surface area (Å²) in [6.07, 6.45) is -0.194. The fourth-order valence-electron chi connectivity index (χ4n) is 2.27. The van der Waals surface area contributed by atoms with Crippen LogP contribution in [0.4, 0.5) is 0 Å². The SMILES string of the molecule is CC(C)C(O)C(=O)N[C@@H](C)C(=O)N1CCC[C@@H](C(=O)OCC(Cl)(Cl)Cl)N1. The molecule has 1 saturated heterocycles. The Morgan fingerprint density at radius 1 is 1.31 bits per heavy atom. The van der Waals surface area contributed by atoms with Crippen molar-refractivity contribution in [3.05, 3.63) is 0 Å². The number of rotatable bonds is 6. The van der Waals surface area contributed by atoms with E-state index in [1.165, 1.54) is 11.9 Å². The standard InChI is InChI=1S/C15H24Cl3N3O5/c1-8(2)11(22)12(23)19-9(3)13(24)21-6-4-5-10(20-21)14(25)26-7-15(16,17)18/h8-11,20,22H,4-7H2,1-3H3,(H,19,23)/t9-,10-,11?/m0/s1. The average molecular weight is 433 g/mol. The summed E-state index contributed by atoms with van der Waals surface area (Å²) < 4.78 is 3.21. The third-order valence-electron chi connectivity index (χ3n) is 3.74. The molecule has 1 rings (SSSR count). The van der Waals surface area contributed by atoms with Crippen LogP contribution in [0.2, 0.25) is 0 Å². The number of hydrazine groups is 1. The van der Waals surface area contributed by atoms with Gasteiger partial charge in [0.1, 0.15) is 24.8 Å². The number of carbonyl (C=O) groups excluding carboxylic acids is 3. The monoisotopic (exact) mass is 431 g/mol. The van der Waals surface area contributed by atoms with E-state index in [2.05, 4.69) is 10.7 Å². The van der Waals surface area contributed by atoms with Crippen molar-refractivity contribution >= 4 is 52.6 Å². The zero-order valence-corrected chi connectivity index (χ0v) is 17.1. The first-order valence-corrected chi connectivity index (χ1v) is 9.35. The number of hydrogen-bond acceptors (Lipinski definition) is 6. The molecule has 11 heteroatoms. The molecular formula is C15H24Cl3N3O5. The summed E-state index contributed by atoms with van der Waals surface area (Å²) in [6, 6.07) is -1.64. The topological polar surface area (TPSA) is 108 Å². The van der Waals surface area contributed by atoms with Gasteiger partial charge in [0.05, 0.1) is 0 Å². The van der Waals surface area contributed by atoms with Crippen molar-refractivity contribution in [1.29, 1.82) is 0 Å². The fraction of sp³-hybridized carbons (Fsp3) is 0.800. The van der Waals surface area contributed by atoms with Gasteiger partial charge in [-0.15, -0.1) is 0 Å². The normalized spacial score (nSPS) is 20.5. The third-order valence-corrected chi connectivity index (χ3v) is 4.07. The van der Waals surface area contributed by atoms with Crippen molar-refractivity contribution in [1.82, 2.24) is 15.8 Å². The Kier molecular flexibility index (Phi) is 8.88. The van der Waals surface area contributed by atoms with Crippen LogP contribution in [0.3, 0.4) is 0 Å². The average Bonchev–Trinajstić information content (AvgIpc) is 2.57. The lowest BCUT2D eigenvalue weighted by Crippen LogP contribution is -2.60. The van der Waals surface area contributed by atoms with Crippen LogP contribution in [-0.2, 0) is 19.1 Å². The van der Waals surface area contributed by atoms with Crippen LogP contribution in [0, 0.1) is 5.92 Å². The molecule has 0 aromatic rings. The Bertz CT molecular complexity index is 527. The van der Waals surface area contributed by atoms with Gasteiger partial charge in [0.15, 0.2) is 0 Å². The van der Waals surface area contributed by atoms with Crippen LogP contribution in [0.25, 0.3) is 0 Å². The van der Waals surface area contributed by atoms with E-state index in [0.29, 0.717) is 19.4 Å². The van der Waals surface area contributed by atoms with Crippen LogP contribution >= 0.6 is 34.8 Å². The van der Waals surface area contributed by atoms with Crippen molar-refractivity contribution in [2.75, 3.05) is 13.2 Å². The summed E-state index contributed by atoms with van der Waals surface area (Å²) in [5.74, 6) is -1.98. The maximum atomic E-state index is 12.5. The molecule has 3 N–H and O–H groups in total. The van der Waals surface area contributed by atoms with Gasteiger partial charge < -0.3 is 15.2 Å². The lowest BCUT2D eigenvalue weighted by Gasteiger charge is -2.34. The number of carbonyl (C=O) groups is 3. The van der Waals surface area contributed by atoms with Gasteiger partial charge in [-0.1, -0.05) is 48.7 Å². The largest absolute Gasteiger partial charge is 0.460 e. The van der Waals surface area contributed by atoms with E-state index in [1.807, 2.05) is 0 Å². The molecule has 0 aromatic carbocycles. The van der Waals surface area contributed by atoms with Crippen molar-refractivity contribution in [3.8, 4) is 0 Å². The highest BCUT2D eigenvalue weighted by Gasteiger charge is 2.33. The highest BCUT2D eigenvalue weighted by atomic mass is 35.6. The molecule has 0 saturated carbocycles. The Hall–Kier alpha value is -0.800. The van der Waals surface area contributed by atoms with Gasteiger partial charge in [-0.2, -0.15) is 0 Å². The predicted molar refractivity (Wildman–Crippen MR) is 97.6 cm³/mol. The van der Waals surface area contributed by atoms with Gasteiger partial charge in [-0.25, -0.2) is 5.43 Å². The summed E-state index contributed by atoms with van der Waals surface area (Å²) in [5, 5.41) is 13.4. The van der Waals surface area contributed by atoms with E-state index in [1.54, 1.807) is 13.8 Å². The molecule has 3 atom stereocenters. The molecule has 26 heavy (non-hydrogen) atoms. The summed E-state index contributed by atoms with van der Waals surface area (Å²) in [7, 11) is 0. The van der Waals surface area contributed by atoms with Gasteiger partial charge in [0.25, 0.3) is 5.91 Å². The lowest BCUT2D eigenvalue weighted by atomic mass is 10.1. The quantitative estimate of drug-likeness (QED) is 0.425. The Morgan fingerprint density at radius 3 is 2.46 bits per heavy atom. The molecule has 0 bridgehead atoms. The first kappa shape index (κ1) is 23.2. The van der Waals surface area contributed by atoms with E-state index in [-0.39, 0.29) is 5.92 Å². The van der Waals surface area contributed by atoms with Crippen molar-refractivity contribution in [2.45, 2.75) is 55.6 Å². The highest BCUT2D eigenvalue weighted by molar-refractivity contribution is 6.67. The lowest BCUT2D eigenvalue weighted by molar-refractivity contribution is -0.153. The van der Waals surface area contributed by atoms with Crippen molar-refractivity contribution in [3.63, 3.8) is 0 Å². The van der Waals surface area contributed by atoms with Gasteiger partial charge in [0.2, 0.25) is 9.70 Å². The number of nitrogens with one attached hydrogen (secondary N) is 2. The molecule has 1 heterocycles. The number of hydrogen-bond donors (Lipinski definition) is 3. The van der Waals surface area contributed by atoms with Crippen LogP contribution in [0.1, 0.15) is 33.6 Å². The third kappa shape index (κ3) is 7.44. The van der Waals surface area contributed by atoms with Gasteiger partial charge in [-0.3, -0.25) is 19.4 Å². The zero-order chi connectivity index (χ0) is 20.1. The number of aliphatic hydroxyl groups excluding tert-OH is 1. The van der Waals surface area contributed by atoms with E-state index in [4.69, 9.17) is 39.5 Å². The fourth-order valence-corrected chi connectivity index (χ4v) is 2.43. The summed E-state index contributed by atoms with van der Waals surface area (Å²) in [6.45, 7) is 4.84. The number of halogens is 3. The minimum Gasteiger partial charge on any atom is -0.460 e. The summed E-state index contributed by atoms with van der Waals surface area (Å²) >= 11 is 16.6. The Morgan fingerprint density at radius 2 is 1.92 bits per heavy atom. The molecule has 0 aromatic heterocycles. The molecule has 0 aliphatic carbocycles. The molecular weight excluding hydrogens is 409 g/mol. The summed E-state index contributed by atoms with van der Waals surface area (Å²) in [4.78, 5) is 36.4. The molecule has 1 fully saturated rings. The molecule has 0 radical (unpaired) electrons. The number of esters is 1. The zero-order valence-electron chi connectivity index (χ0n) is 14.8. The second kappa shape index (κ2) is 9.94. The molecule has 150 valence electrons. The van der Waals surface area contributed by atoms with Crippen LogP contribution in [-0.4, -0.2) is 63.0 Å². The molecule has 8 nitrogen and oxygen atoms in total. The molecule has 2 amide bonds. The smallest absolute Gasteiger partial charge is 0.325 e. The second-order valence-corrected chi connectivity index (χ2v) is 8.97. The van der Waals surface area contributed by atoms with Crippen LogP contribution < -0.4 is 10.7 Å². The minimum absolute atomic E-state index is 0.275. The van der Waals surface area contributed by atoms with E-state index < -0.39 is 46.4 Å². The molecule has 1 unspecified atom stereocenters. The number of aliphatic hydroxyl groups is 1. The Balaban J connectivity index is 2.58. The number of alkyl halides is 3. The summed E-state index contributed by atoms with van der Waals surface area (Å²) in [5.41, 5.74) is 2.76. The van der Waals surface area contributed by atoms with Crippen molar-refractivity contribution in [2.24, 2.45) is 5.92 Å². The maximum Gasteiger partial charge on any atom is 0.325 e. The van der Waals surface area contributed by atoms with Gasteiger partial charge in [-0.05, 0) is 25.7 Å². The number of nitrogens with zero attached hydrogens (tertiary/aromatic N) is 1. The minimum atomic E-state index is -1.71. The van der Waals surface area contributed by atoms with Crippen LogP contribution in [0.5, 0.6) is 0 Å². The first-order valence-electron chi connectivity index (χ1n) is 8.21. The number of ether oxygens (including phenoxy) is 1. The predicted octanol–water partition coefficient (Wildman–Crippen LogP) is 0.917.